The zero-order chi connectivity index (χ0) is 69.8. The van der Waals surface area contributed by atoms with E-state index in [1.807, 2.05) is 23.9 Å². The van der Waals surface area contributed by atoms with Gasteiger partial charge in [0.2, 0.25) is 0 Å². The van der Waals surface area contributed by atoms with Crippen LogP contribution < -0.4 is 9.80 Å². The summed E-state index contributed by atoms with van der Waals surface area (Å²) in [6.07, 6.45) is 7.88. The molecule has 3 aliphatic rings. The molecule has 1 atom stereocenters. The Kier molecular flexibility index (Phi) is 13.5. The second-order valence-electron chi connectivity index (χ2n) is 28.5. The summed E-state index contributed by atoms with van der Waals surface area (Å²) < 4.78 is 19.9. The van der Waals surface area contributed by atoms with Crippen LogP contribution in [0.3, 0.4) is 0 Å². The summed E-state index contributed by atoms with van der Waals surface area (Å²) in [7, 11) is 0. The molecule has 5 nitrogen and oxygen atoms in total. The van der Waals surface area contributed by atoms with Crippen LogP contribution in [0.4, 0.5) is 34.1 Å². The molecule has 105 heavy (non-hydrogen) atoms. The molecule has 2 aliphatic carbocycles. The van der Waals surface area contributed by atoms with Crippen LogP contribution in [-0.4, -0.2) is 0 Å². The van der Waals surface area contributed by atoms with E-state index in [1.165, 1.54) is 76.2 Å². The highest BCUT2D eigenvalue weighted by Gasteiger charge is 2.52. The lowest BCUT2D eigenvalue weighted by molar-refractivity contribution is 0.604. The van der Waals surface area contributed by atoms with Gasteiger partial charge in [-0.05, 0) is 216 Å². The van der Waals surface area contributed by atoms with Crippen molar-refractivity contribution in [3.63, 3.8) is 0 Å². The Morgan fingerprint density at radius 1 is 0.381 bits per heavy atom. The topological polar surface area (TPSA) is 45.9 Å². The molecule has 0 saturated heterocycles. The standard InChI is InChI=1S/C99H66N2O3S/c1-5-22-75-81-57-69(56-80(97(81)104-88(75)6-2)73-32-20-25-61-23-10-12-28-71(61)73)101(67-44-39-60(40-45-67)63-42-47-74-76-48-41-62-24-11-13-29-72(62)96(76)98(3,4)85(74)54-63)87-36-21-35-84-95(87)77-30-14-16-33-82(77)99(84)83-34-17-19-38-92(83)105-93-50-46-68(58-86(93)99)100(66-26-8-7-9-27-66)70-55-79(64-43-49-89-65(53-64)51-52-102-89)94-78-31-15-18-37-90(78)103-91(94)59-70/h5-59H,2H2,1,3-4H3/b22-5-. The quantitative estimate of drug-likeness (QED) is 0.129. The summed E-state index contributed by atoms with van der Waals surface area (Å²) in [5.74, 6) is 0.725. The molecule has 0 saturated carbocycles. The number of para-hydroxylation sites is 2. The number of nitrogens with zero attached hydrogens (tertiary/aromatic N) is 2. The maximum Gasteiger partial charge on any atom is 0.143 e. The van der Waals surface area contributed by atoms with Gasteiger partial charge in [0, 0.05) is 82.3 Å². The molecule has 0 bridgehead atoms. The number of allylic oxidation sites excluding steroid dienone is 1. The minimum Gasteiger partial charge on any atom is -0.464 e. The predicted molar refractivity (Wildman–Crippen MR) is 438 cm³/mol. The van der Waals surface area contributed by atoms with Crippen LogP contribution in [0, 0.1) is 0 Å². The van der Waals surface area contributed by atoms with Crippen molar-refractivity contribution in [3.8, 4) is 55.6 Å². The van der Waals surface area contributed by atoms with E-state index in [1.54, 1.807) is 6.26 Å². The fourth-order valence-corrected chi connectivity index (χ4v) is 19.3. The molecule has 1 aliphatic heterocycles. The SMILES string of the molecule is C=Cc1oc2c(-c3cccc4ccccc34)cc(N(c3ccc(-c4ccc5c(c4)C(C)(C)c4c-5ccc5ccccc45)cc3)c3cccc4c3-c3ccccc3C43c4ccccc4Sc4ccc(N(c5ccccc5)c5cc(-c6ccc7occc7c6)c6c(c5)oc5ccccc56)cc43)cc2c1/C=C\C. The largest absolute Gasteiger partial charge is 0.464 e. The van der Waals surface area contributed by atoms with Gasteiger partial charge in [-0.15, -0.1) is 0 Å². The second-order valence-corrected chi connectivity index (χ2v) is 29.6. The third-order valence-electron chi connectivity index (χ3n) is 22.6. The van der Waals surface area contributed by atoms with Crippen LogP contribution in [0.2, 0.25) is 0 Å². The van der Waals surface area contributed by atoms with E-state index < -0.39 is 5.41 Å². The minimum atomic E-state index is -0.797. The lowest BCUT2D eigenvalue weighted by Crippen LogP contribution is -2.32. The van der Waals surface area contributed by atoms with E-state index in [0.717, 1.165) is 133 Å². The average Bonchev–Trinajstić information content (AvgIpc) is 1.52. The van der Waals surface area contributed by atoms with Gasteiger partial charge in [0.25, 0.3) is 0 Å². The van der Waals surface area contributed by atoms with Crippen LogP contribution in [0.15, 0.2) is 351 Å². The van der Waals surface area contributed by atoms with Crippen LogP contribution in [-0.2, 0) is 10.8 Å². The molecule has 18 aromatic rings. The summed E-state index contributed by atoms with van der Waals surface area (Å²) in [5, 5.41) is 9.06. The lowest BCUT2D eigenvalue weighted by atomic mass is 9.67. The van der Waals surface area contributed by atoms with E-state index in [0.29, 0.717) is 0 Å². The van der Waals surface area contributed by atoms with E-state index in [4.69, 9.17) is 13.3 Å². The molecule has 496 valence electrons. The molecule has 3 aromatic heterocycles. The van der Waals surface area contributed by atoms with Gasteiger partial charge in [0.1, 0.15) is 28.1 Å². The fraction of sp³-hybridized carbons (Fsp3) is 0.0505. The highest BCUT2D eigenvalue weighted by Crippen LogP contribution is 2.65. The number of fused-ring (bicyclic) bond motifs is 20. The van der Waals surface area contributed by atoms with Crippen LogP contribution in [0.1, 0.15) is 65.5 Å². The zero-order valence-electron chi connectivity index (χ0n) is 58.0. The number of hydrogen-bond donors (Lipinski definition) is 0. The van der Waals surface area contributed by atoms with Crippen molar-refractivity contribution in [3.05, 3.63) is 373 Å². The average molecular weight is 1360 g/mol. The van der Waals surface area contributed by atoms with Crippen molar-refractivity contribution in [2.75, 3.05) is 9.80 Å². The molecule has 0 radical (unpaired) electrons. The normalized spacial score (nSPS) is 14.5. The summed E-state index contributed by atoms with van der Waals surface area (Å²) in [5.41, 5.74) is 28.5. The van der Waals surface area contributed by atoms with Crippen molar-refractivity contribution in [2.45, 2.75) is 41.4 Å². The summed E-state index contributed by atoms with van der Waals surface area (Å²) >= 11 is 1.85. The summed E-state index contributed by atoms with van der Waals surface area (Å²) in [6, 6.07) is 115. The number of furan rings is 3. The Balaban J connectivity index is 0.795. The van der Waals surface area contributed by atoms with Crippen LogP contribution in [0.25, 0.3) is 133 Å². The van der Waals surface area contributed by atoms with Crippen molar-refractivity contribution in [2.24, 2.45) is 0 Å². The van der Waals surface area contributed by atoms with E-state index in [9.17, 15) is 0 Å². The Hall–Kier alpha value is -12.9. The Labute approximate surface area is 612 Å². The Morgan fingerprint density at radius 2 is 1.05 bits per heavy atom. The first-order valence-corrected chi connectivity index (χ1v) is 36.9. The maximum atomic E-state index is 7.05. The molecule has 0 N–H and O–H groups in total. The molecular formula is C99H66N2O3S. The number of benzene rings is 15. The van der Waals surface area contributed by atoms with Gasteiger partial charge in [-0.1, -0.05) is 245 Å². The number of rotatable bonds is 11. The zero-order valence-corrected chi connectivity index (χ0v) is 58.8. The lowest BCUT2D eigenvalue weighted by Gasteiger charge is -2.40. The van der Waals surface area contributed by atoms with Crippen molar-refractivity contribution < 1.29 is 13.3 Å². The number of anilines is 6. The molecule has 15 aromatic carbocycles. The molecule has 6 heteroatoms. The van der Waals surface area contributed by atoms with Crippen molar-refractivity contribution in [1.29, 1.82) is 0 Å². The van der Waals surface area contributed by atoms with Gasteiger partial charge < -0.3 is 23.1 Å². The fourth-order valence-electron chi connectivity index (χ4n) is 18.1. The van der Waals surface area contributed by atoms with Crippen LogP contribution in [0.5, 0.6) is 0 Å². The second kappa shape index (κ2) is 23.3. The van der Waals surface area contributed by atoms with E-state index >= 15 is 0 Å². The predicted octanol–water partition coefficient (Wildman–Crippen LogP) is 28.1. The molecular weight excluding hydrogens is 1300 g/mol. The smallest absolute Gasteiger partial charge is 0.143 e. The Bertz CT molecular complexity index is 6720. The first-order chi connectivity index (χ1) is 51.7. The summed E-state index contributed by atoms with van der Waals surface area (Å²) in [6.45, 7) is 11.2. The highest BCUT2D eigenvalue weighted by atomic mass is 32.2. The van der Waals surface area contributed by atoms with Crippen molar-refractivity contribution >= 4 is 123 Å². The van der Waals surface area contributed by atoms with Gasteiger partial charge in [0.15, 0.2) is 0 Å². The van der Waals surface area contributed by atoms with Crippen molar-refractivity contribution in [1.82, 2.24) is 0 Å². The molecule has 0 fully saturated rings. The van der Waals surface area contributed by atoms with Gasteiger partial charge in [0.05, 0.1) is 23.1 Å². The molecule has 21 rings (SSSR count). The van der Waals surface area contributed by atoms with Gasteiger partial charge in [-0.25, -0.2) is 0 Å². The molecule has 4 heterocycles. The van der Waals surface area contributed by atoms with E-state index in [2.05, 4.69) is 353 Å². The minimum absolute atomic E-state index is 0.210. The third kappa shape index (κ3) is 9.03. The monoisotopic (exact) mass is 1360 g/mol. The third-order valence-corrected chi connectivity index (χ3v) is 23.8. The van der Waals surface area contributed by atoms with Gasteiger partial charge in [-0.3, -0.25) is 0 Å². The van der Waals surface area contributed by atoms with E-state index in [-0.39, 0.29) is 5.41 Å². The molecule has 1 spiro atoms. The van der Waals surface area contributed by atoms with Gasteiger partial charge in [-0.2, -0.15) is 0 Å². The van der Waals surface area contributed by atoms with Gasteiger partial charge >= 0.3 is 0 Å². The first-order valence-electron chi connectivity index (χ1n) is 36.1. The summed E-state index contributed by atoms with van der Waals surface area (Å²) in [4.78, 5) is 7.35. The highest BCUT2D eigenvalue weighted by molar-refractivity contribution is 7.99. The molecule has 1 unspecified atom stereocenters. The Morgan fingerprint density at radius 3 is 1.90 bits per heavy atom. The first kappa shape index (κ1) is 60.9. The van der Waals surface area contributed by atoms with Crippen LogP contribution >= 0.6 is 11.8 Å². The number of hydrogen-bond acceptors (Lipinski definition) is 6. The maximum absolute atomic E-state index is 7.05. The molecule has 0 amide bonds.